The van der Waals surface area contributed by atoms with Gasteiger partial charge in [0.1, 0.15) is 0 Å². The summed E-state index contributed by atoms with van der Waals surface area (Å²) in [6.07, 6.45) is 5.62. The lowest BCUT2D eigenvalue weighted by Gasteiger charge is -2.28. The van der Waals surface area contributed by atoms with Crippen LogP contribution < -0.4 is 5.32 Å². The predicted octanol–water partition coefficient (Wildman–Crippen LogP) is 1.74. The van der Waals surface area contributed by atoms with Crippen LogP contribution in [-0.4, -0.2) is 32.2 Å². The summed E-state index contributed by atoms with van der Waals surface area (Å²) in [6.45, 7) is 6.12. The van der Waals surface area contributed by atoms with Gasteiger partial charge in [-0.25, -0.2) is 0 Å². The minimum absolute atomic E-state index is 0.00794. The maximum Gasteiger partial charge on any atom is 0.228 e. The molecule has 0 aromatic carbocycles. The first-order valence-electron chi connectivity index (χ1n) is 8.10. The summed E-state index contributed by atoms with van der Waals surface area (Å²) >= 11 is 0. The standard InChI is InChI=1S/C15H25N5O/c1-9(2)20-18-14(17-19-20)8-15(21)16-10(3)13-7-11-4-5-12(13)6-11/h9-13H,4-8H2,1-3H3,(H,16,21)/t10-,11+,12+,13-/m0/s1. The molecule has 0 unspecified atom stereocenters. The minimum atomic E-state index is 0.00794. The number of aromatic nitrogens is 4. The third kappa shape index (κ3) is 3.09. The van der Waals surface area contributed by atoms with Gasteiger partial charge in [-0.3, -0.25) is 4.79 Å². The van der Waals surface area contributed by atoms with Crippen molar-refractivity contribution >= 4 is 5.91 Å². The summed E-state index contributed by atoms with van der Waals surface area (Å²) in [5, 5.41) is 15.3. The van der Waals surface area contributed by atoms with Gasteiger partial charge in [-0.1, -0.05) is 6.42 Å². The molecule has 0 saturated heterocycles. The van der Waals surface area contributed by atoms with Crippen molar-refractivity contribution in [2.75, 3.05) is 0 Å². The Balaban J connectivity index is 1.51. The van der Waals surface area contributed by atoms with Gasteiger partial charge in [0.15, 0.2) is 5.82 Å². The summed E-state index contributed by atoms with van der Waals surface area (Å²) < 4.78 is 0. The number of hydrogen-bond donors (Lipinski definition) is 1. The molecule has 6 nitrogen and oxygen atoms in total. The number of nitrogens with one attached hydrogen (secondary N) is 1. The van der Waals surface area contributed by atoms with Crippen LogP contribution in [-0.2, 0) is 11.2 Å². The summed E-state index contributed by atoms with van der Waals surface area (Å²) in [5.41, 5.74) is 0. The van der Waals surface area contributed by atoms with Gasteiger partial charge in [0.05, 0.1) is 12.5 Å². The van der Waals surface area contributed by atoms with Gasteiger partial charge in [0.25, 0.3) is 0 Å². The van der Waals surface area contributed by atoms with Gasteiger partial charge < -0.3 is 5.32 Å². The molecule has 1 aromatic heterocycles. The van der Waals surface area contributed by atoms with E-state index in [1.807, 2.05) is 13.8 Å². The lowest BCUT2D eigenvalue weighted by molar-refractivity contribution is -0.121. The lowest BCUT2D eigenvalue weighted by atomic mass is 9.84. The monoisotopic (exact) mass is 291 g/mol. The van der Waals surface area contributed by atoms with Crippen LogP contribution in [0.3, 0.4) is 0 Å². The Kier molecular flexibility index (Phi) is 3.95. The second-order valence-corrected chi connectivity index (χ2v) is 6.99. The van der Waals surface area contributed by atoms with Crippen LogP contribution in [0.1, 0.15) is 58.3 Å². The van der Waals surface area contributed by atoms with E-state index in [1.165, 1.54) is 25.7 Å². The number of carbonyl (C=O) groups excluding carboxylic acids is 1. The molecule has 2 aliphatic carbocycles. The predicted molar refractivity (Wildman–Crippen MR) is 78.4 cm³/mol. The van der Waals surface area contributed by atoms with E-state index in [4.69, 9.17) is 0 Å². The summed E-state index contributed by atoms with van der Waals surface area (Å²) in [5.74, 6) is 2.90. The average molecular weight is 291 g/mol. The van der Waals surface area contributed by atoms with E-state index in [0.717, 1.165) is 11.8 Å². The Hall–Kier alpha value is -1.46. The SMILES string of the molecule is CC(C)n1nnc(CC(=O)N[C@@H](C)[C@@H]2C[C@@H]3CC[C@@H]2C3)n1. The van der Waals surface area contributed by atoms with Crippen molar-refractivity contribution < 1.29 is 4.79 Å². The van der Waals surface area contributed by atoms with Crippen LogP contribution >= 0.6 is 0 Å². The number of hydrogen-bond acceptors (Lipinski definition) is 4. The van der Waals surface area contributed by atoms with E-state index >= 15 is 0 Å². The zero-order valence-corrected chi connectivity index (χ0v) is 13.1. The number of fused-ring (bicyclic) bond motifs is 2. The highest BCUT2D eigenvalue weighted by Crippen LogP contribution is 2.49. The molecule has 0 radical (unpaired) electrons. The van der Waals surface area contributed by atoms with Crippen molar-refractivity contribution in [3.8, 4) is 0 Å². The molecular weight excluding hydrogens is 266 g/mol. The molecule has 2 aliphatic rings. The summed E-state index contributed by atoms with van der Waals surface area (Å²) in [4.78, 5) is 13.7. The molecule has 2 saturated carbocycles. The fourth-order valence-corrected chi connectivity index (χ4v) is 4.01. The quantitative estimate of drug-likeness (QED) is 0.897. The maximum absolute atomic E-state index is 12.1. The highest BCUT2D eigenvalue weighted by Gasteiger charge is 2.42. The van der Waals surface area contributed by atoms with Gasteiger partial charge >= 0.3 is 0 Å². The highest BCUT2D eigenvalue weighted by molar-refractivity contribution is 5.77. The van der Waals surface area contributed by atoms with Gasteiger partial charge in [-0.15, -0.1) is 10.2 Å². The zero-order valence-electron chi connectivity index (χ0n) is 13.1. The normalized spacial score (nSPS) is 29.0. The molecule has 3 rings (SSSR count). The molecule has 1 amide bonds. The zero-order chi connectivity index (χ0) is 15.0. The Morgan fingerprint density at radius 3 is 2.71 bits per heavy atom. The Labute approximate surface area is 125 Å². The lowest BCUT2D eigenvalue weighted by Crippen LogP contribution is -2.40. The first kappa shape index (κ1) is 14.5. The summed E-state index contributed by atoms with van der Waals surface area (Å²) in [7, 11) is 0. The van der Waals surface area contributed by atoms with Crippen molar-refractivity contribution in [2.24, 2.45) is 17.8 Å². The molecule has 4 atom stereocenters. The molecule has 1 aromatic rings. The van der Waals surface area contributed by atoms with E-state index in [2.05, 4.69) is 27.7 Å². The van der Waals surface area contributed by atoms with Gasteiger partial charge in [0.2, 0.25) is 5.91 Å². The number of carbonyl (C=O) groups is 1. The van der Waals surface area contributed by atoms with E-state index < -0.39 is 0 Å². The van der Waals surface area contributed by atoms with Crippen molar-refractivity contribution in [2.45, 2.75) is 65.0 Å². The van der Waals surface area contributed by atoms with E-state index in [0.29, 0.717) is 11.7 Å². The van der Waals surface area contributed by atoms with E-state index in [9.17, 15) is 4.79 Å². The van der Waals surface area contributed by atoms with Crippen molar-refractivity contribution in [3.05, 3.63) is 5.82 Å². The molecule has 116 valence electrons. The molecule has 2 fully saturated rings. The second kappa shape index (κ2) is 5.73. The fourth-order valence-electron chi connectivity index (χ4n) is 4.01. The van der Waals surface area contributed by atoms with Gasteiger partial charge in [-0.05, 0) is 63.0 Å². The van der Waals surface area contributed by atoms with Crippen molar-refractivity contribution in [3.63, 3.8) is 0 Å². The number of tetrazole rings is 1. The second-order valence-electron chi connectivity index (χ2n) is 6.99. The third-order valence-corrected chi connectivity index (χ3v) is 5.07. The van der Waals surface area contributed by atoms with Crippen molar-refractivity contribution in [1.82, 2.24) is 25.5 Å². The topological polar surface area (TPSA) is 72.7 Å². The van der Waals surface area contributed by atoms with Crippen molar-refractivity contribution in [1.29, 1.82) is 0 Å². The van der Waals surface area contributed by atoms with Crippen LogP contribution in [0.2, 0.25) is 0 Å². The van der Waals surface area contributed by atoms with E-state index in [1.54, 1.807) is 4.80 Å². The third-order valence-electron chi connectivity index (χ3n) is 5.07. The van der Waals surface area contributed by atoms with Crippen LogP contribution in [0.5, 0.6) is 0 Å². The molecular formula is C15H25N5O. The molecule has 21 heavy (non-hydrogen) atoms. The van der Waals surface area contributed by atoms with E-state index in [-0.39, 0.29) is 24.4 Å². The molecule has 1 N–H and O–H groups in total. The van der Waals surface area contributed by atoms with Crippen LogP contribution in [0.15, 0.2) is 0 Å². The Morgan fingerprint density at radius 1 is 1.33 bits per heavy atom. The molecule has 1 heterocycles. The number of nitrogens with zero attached hydrogens (tertiary/aromatic N) is 4. The molecule has 0 spiro atoms. The highest BCUT2D eigenvalue weighted by atomic mass is 16.1. The molecule has 0 aliphatic heterocycles. The summed E-state index contributed by atoms with van der Waals surface area (Å²) in [6, 6.07) is 0.426. The van der Waals surface area contributed by atoms with Gasteiger partial charge in [0, 0.05) is 6.04 Å². The minimum Gasteiger partial charge on any atom is -0.353 e. The first-order chi connectivity index (χ1) is 10.0. The van der Waals surface area contributed by atoms with Crippen LogP contribution in [0.25, 0.3) is 0 Å². The van der Waals surface area contributed by atoms with Gasteiger partial charge in [-0.2, -0.15) is 4.80 Å². The number of amides is 1. The average Bonchev–Trinajstić information content (AvgIpc) is 3.13. The largest absolute Gasteiger partial charge is 0.353 e. The Morgan fingerprint density at radius 2 is 2.14 bits per heavy atom. The van der Waals surface area contributed by atoms with Crippen LogP contribution in [0.4, 0.5) is 0 Å². The maximum atomic E-state index is 12.1. The Bertz CT molecular complexity index is 512. The fraction of sp³-hybridized carbons (Fsp3) is 0.867. The molecule has 6 heteroatoms. The molecule has 2 bridgehead atoms. The smallest absolute Gasteiger partial charge is 0.228 e. The number of rotatable bonds is 5. The first-order valence-corrected chi connectivity index (χ1v) is 8.10. The van der Waals surface area contributed by atoms with Crippen LogP contribution in [0, 0.1) is 17.8 Å².